The number of Topliss-reactive ketones (excluding diaryl/α,β-unsaturated/α-hetero) is 1. The van der Waals surface area contributed by atoms with E-state index in [1.165, 1.54) is 5.69 Å². The molecule has 120 valence electrons. The SMILES string of the molecule is CCN(c1ccc(N=Nc2ccc(C(C)=O)cc2)cc1)C(C)C. The number of rotatable bonds is 6. The summed E-state index contributed by atoms with van der Waals surface area (Å²) in [5.41, 5.74) is 3.41. The van der Waals surface area contributed by atoms with Gasteiger partial charge in [-0.2, -0.15) is 10.2 Å². The first-order chi connectivity index (χ1) is 11.0. The fourth-order valence-corrected chi connectivity index (χ4v) is 2.43. The lowest BCUT2D eigenvalue weighted by molar-refractivity contribution is 0.101. The third-order valence-corrected chi connectivity index (χ3v) is 3.70. The van der Waals surface area contributed by atoms with E-state index in [0.29, 0.717) is 11.6 Å². The van der Waals surface area contributed by atoms with Gasteiger partial charge in [0.1, 0.15) is 0 Å². The molecule has 0 fully saturated rings. The number of ketones is 1. The van der Waals surface area contributed by atoms with Crippen molar-refractivity contribution in [3.63, 3.8) is 0 Å². The molecule has 0 bridgehead atoms. The van der Waals surface area contributed by atoms with Crippen molar-refractivity contribution in [1.29, 1.82) is 0 Å². The topological polar surface area (TPSA) is 45.0 Å². The van der Waals surface area contributed by atoms with Crippen molar-refractivity contribution in [3.8, 4) is 0 Å². The van der Waals surface area contributed by atoms with Gasteiger partial charge in [0.2, 0.25) is 0 Å². The molecular formula is C19H23N3O. The third kappa shape index (κ3) is 4.49. The van der Waals surface area contributed by atoms with E-state index in [-0.39, 0.29) is 5.78 Å². The van der Waals surface area contributed by atoms with Crippen LogP contribution in [0.2, 0.25) is 0 Å². The van der Waals surface area contributed by atoms with Gasteiger partial charge < -0.3 is 4.90 Å². The Hall–Kier alpha value is -2.49. The quantitative estimate of drug-likeness (QED) is 0.519. The van der Waals surface area contributed by atoms with Crippen LogP contribution in [0.15, 0.2) is 58.8 Å². The molecule has 0 atom stereocenters. The van der Waals surface area contributed by atoms with Crippen LogP contribution in [0.1, 0.15) is 38.1 Å². The van der Waals surface area contributed by atoms with Gasteiger partial charge >= 0.3 is 0 Å². The van der Waals surface area contributed by atoms with Crippen LogP contribution in [0.5, 0.6) is 0 Å². The van der Waals surface area contributed by atoms with Crippen molar-refractivity contribution >= 4 is 22.8 Å². The lowest BCUT2D eigenvalue weighted by Crippen LogP contribution is -2.30. The first kappa shape index (κ1) is 16.9. The predicted octanol–water partition coefficient (Wildman–Crippen LogP) is 5.54. The summed E-state index contributed by atoms with van der Waals surface area (Å²) in [5, 5.41) is 8.45. The molecular weight excluding hydrogens is 286 g/mol. The van der Waals surface area contributed by atoms with Gasteiger partial charge in [-0.25, -0.2) is 0 Å². The Morgan fingerprint density at radius 3 is 1.83 bits per heavy atom. The maximum Gasteiger partial charge on any atom is 0.159 e. The van der Waals surface area contributed by atoms with E-state index >= 15 is 0 Å². The molecule has 0 N–H and O–H groups in total. The highest BCUT2D eigenvalue weighted by Crippen LogP contribution is 2.23. The van der Waals surface area contributed by atoms with E-state index < -0.39 is 0 Å². The fraction of sp³-hybridized carbons (Fsp3) is 0.316. The number of carbonyl (C=O) groups is 1. The Labute approximate surface area is 137 Å². The molecule has 0 aliphatic heterocycles. The minimum atomic E-state index is 0.0507. The van der Waals surface area contributed by atoms with E-state index in [1.807, 2.05) is 12.1 Å². The summed E-state index contributed by atoms with van der Waals surface area (Å²) in [6.07, 6.45) is 0. The molecule has 2 rings (SSSR count). The van der Waals surface area contributed by atoms with Crippen molar-refractivity contribution in [2.75, 3.05) is 11.4 Å². The minimum absolute atomic E-state index is 0.0507. The van der Waals surface area contributed by atoms with Gasteiger partial charge in [-0.15, -0.1) is 0 Å². The summed E-state index contributed by atoms with van der Waals surface area (Å²) in [6, 6.07) is 15.7. The molecule has 2 aromatic rings. The van der Waals surface area contributed by atoms with Crippen LogP contribution in [-0.2, 0) is 0 Å². The summed E-state index contributed by atoms with van der Waals surface area (Å²) >= 11 is 0. The highest BCUT2D eigenvalue weighted by atomic mass is 16.1. The van der Waals surface area contributed by atoms with Crippen molar-refractivity contribution in [2.45, 2.75) is 33.7 Å². The average molecular weight is 309 g/mol. The van der Waals surface area contributed by atoms with Crippen molar-refractivity contribution in [3.05, 3.63) is 54.1 Å². The second-order valence-electron chi connectivity index (χ2n) is 5.70. The number of anilines is 1. The van der Waals surface area contributed by atoms with Crippen molar-refractivity contribution < 1.29 is 4.79 Å². The smallest absolute Gasteiger partial charge is 0.159 e. The van der Waals surface area contributed by atoms with Crippen LogP contribution in [0.4, 0.5) is 17.1 Å². The molecule has 0 saturated heterocycles. The number of carbonyl (C=O) groups excluding carboxylic acids is 1. The molecule has 0 heterocycles. The zero-order valence-corrected chi connectivity index (χ0v) is 14.2. The lowest BCUT2D eigenvalue weighted by Gasteiger charge is -2.27. The Balaban J connectivity index is 2.09. The normalized spacial score (nSPS) is 11.2. The molecule has 0 aliphatic rings. The van der Waals surface area contributed by atoms with Gasteiger partial charge in [0.15, 0.2) is 5.78 Å². The second kappa shape index (κ2) is 7.68. The molecule has 2 aromatic carbocycles. The first-order valence-corrected chi connectivity index (χ1v) is 7.90. The number of azo groups is 1. The molecule has 23 heavy (non-hydrogen) atoms. The monoisotopic (exact) mass is 309 g/mol. The molecule has 0 saturated carbocycles. The summed E-state index contributed by atoms with van der Waals surface area (Å²) < 4.78 is 0. The number of nitrogens with zero attached hydrogens (tertiary/aromatic N) is 3. The number of hydrogen-bond acceptors (Lipinski definition) is 4. The maximum atomic E-state index is 11.2. The van der Waals surface area contributed by atoms with E-state index in [9.17, 15) is 4.79 Å². The van der Waals surface area contributed by atoms with Crippen LogP contribution < -0.4 is 4.90 Å². The molecule has 0 aromatic heterocycles. The van der Waals surface area contributed by atoms with Crippen LogP contribution in [-0.4, -0.2) is 18.4 Å². The summed E-state index contributed by atoms with van der Waals surface area (Å²) in [4.78, 5) is 13.6. The van der Waals surface area contributed by atoms with E-state index in [0.717, 1.165) is 17.9 Å². The summed E-state index contributed by atoms with van der Waals surface area (Å²) in [6.45, 7) is 9.04. The maximum absolute atomic E-state index is 11.2. The Morgan fingerprint density at radius 2 is 1.43 bits per heavy atom. The predicted molar refractivity (Wildman–Crippen MR) is 95.2 cm³/mol. The molecule has 4 heteroatoms. The molecule has 4 nitrogen and oxygen atoms in total. The minimum Gasteiger partial charge on any atom is -0.369 e. The standard InChI is InChI=1S/C19H23N3O/c1-5-22(14(2)3)19-12-10-18(11-13-19)21-20-17-8-6-16(7-9-17)15(4)23/h6-14H,5H2,1-4H3. The van der Waals surface area contributed by atoms with Crippen LogP contribution in [0.25, 0.3) is 0 Å². The van der Waals surface area contributed by atoms with Gasteiger partial charge in [0.05, 0.1) is 11.4 Å². The largest absolute Gasteiger partial charge is 0.369 e. The molecule has 0 radical (unpaired) electrons. The summed E-state index contributed by atoms with van der Waals surface area (Å²) in [7, 11) is 0. The fourth-order valence-electron chi connectivity index (χ4n) is 2.43. The molecule has 0 unspecified atom stereocenters. The summed E-state index contributed by atoms with van der Waals surface area (Å²) in [5.74, 6) is 0.0507. The van der Waals surface area contributed by atoms with Crippen LogP contribution in [0, 0.1) is 0 Å². The highest BCUT2D eigenvalue weighted by Gasteiger charge is 2.07. The van der Waals surface area contributed by atoms with E-state index in [1.54, 1.807) is 31.2 Å². The van der Waals surface area contributed by atoms with Crippen LogP contribution in [0.3, 0.4) is 0 Å². The van der Waals surface area contributed by atoms with Crippen molar-refractivity contribution in [2.24, 2.45) is 10.2 Å². The number of benzene rings is 2. The van der Waals surface area contributed by atoms with Gasteiger partial charge in [0.25, 0.3) is 0 Å². The van der Waals surface area contributed by atoms with E-state index in [4.69, 9.17) is 0 Å². The van der Waals surface area contributed by atoms with Crippen LogP contribution >= 0.6 is 0 Å². The van der Waals surface area contributed by atoms with Gasteiger partial charge in [-0.1, -0.05) is 0 Å². The van der Waals surface area contributed by atoms with E-state index in [2.05, 4.69) is 48.0 Å². The Bertz CT molecular complexity index is 673. The van der Waals surface area contributed by atoms with Gasteiger partial charge in [-0.3, -0.25) is 4.79 Å². The zero-order valence-electron chi connectivity index (χ0n) is 14.2. The Kier molecular flexibility index (Phi) is 5.63. The Morgan fingerprint density at radius 1 is 0.957 bits per heavy atom. The first-order valence-electron chi connectivity index (χ1n) is 7.90. The van der Waals surface area contributed by atoms with Crippen molar-refractivity contribution in [1.82, 2.24) is 0 Å². The third-order valence-electron chi connectivity index (χ3n) is 3.70. The molecule has 0 spiro atoms. The molecule has 0 aliphatic carbocycles. The van der Waals surface area contributed by atoms with Gasteiger partial charge in [-0.05, 0) is 76.2 Å². The highest BCUT2D eigenvalue weighted by molar-refractivity contribution is 5.94. The number of hydrogen-bond donors (Lipinski definition) is 0. The lowest BCUT2D eigenvalue weighted by atomic mass is 10.1. The average Bonchev–Trinajstić information content (AvgIpc) is 2.55. The van der Waals surface area contributed by atoms with Gasteiger partial charge in [0, 0.05) is 23.8 Å². The second-order valence-corrected chi connectivity index (χ2v) is 5.70. The molecule has 0 amide bonds. The zero-order chi connectivity index (χ0) is 16.8.